The monoisotopic (exact) mass is 498 g/mol. The van der Waals surface area contributed by atoms with Crippen molar-refractivity contribution in [1.82, 2.24) is 25.3 Å². The molecule has 2 aromatic heterocycles. The van der Waals surface area contributed by atoms with Gasteiger partial charge in [0, 0.05) is 19.6 Å². The molecular weight excluding hydrogens is 464 g/mol. The van der Waals surface area contributed by atoms with E-state index in [-0.39, 0.29) is 17.9 Å². The molecule has 37 heavy (non-hydrogen) atoms. The number of hydrogen-bond acceptors (Lipinski definition) is 6. The van der Waals surface area contributed by atoms with Gasteiger partial charge in [-0.15, -0.1) is 5.10 Å². The Morgan fingerprint density at radius 2 is 1.84 bits per heavy atom. The van der Waals surface area contributed by atoms with Crippen molar-refractivity contribution in [3.05, 3.63) is 71.5 Å². The van der Waals surface area contributed by atoms with Crippen LogP contribution in [0.1, 0.15) is 43.6 Å². The summed E-state index contributed by atoms with van der Waals surface area (Å²) in [7, 11) is 0. The van der Waals surface area contributed by atoms with Crippen molar-refractivity contribution in [3.63, 3.8) is 0 Å². The maximum Gasteiger partial charge on any atom is 0.225 e. The molecule has 1 amide bonds. The summed E-state index contributed by atoms with van der Waals surface area (Å²) in [5.41, 5.74) is 4.77. The molecule has 8 heteroatoms. The predicted molar refractivity (Wildman–Crippen MR) is 145 cm³/mol. The molecule has 2 aromatic carbocycles. The van der Waals surface area contributed by atoms with Crippen LogP contribution in [0.2, 0.25) is 0 Å². The maximum absolute atomic E-state index is 13.1. The standard InChI is InChI=1S/C29H34N6O2/c1-19(2)37-25-14-12-22(13-15-25)17-30-29(36)23-9-8-16-34(18-23)28-27-26(20(3)31-32-28)21(4)35(33-27)24-10-6-5-7-11-24/h5-7,10-15,19,23H,8-9,16-18H2,1-4H3,(H,30,36)/t23-/m0/s1. The number of nitrogens with one attached hydrogen (secondary N) is 1. The highest BCUT2D eigenvalue weighted by Crippen LogP contribution is 2.31. The molecule has 0 spiro atoms. The van der Waals surface area contributed by atoms with E-state index < -0.39 is 0 Å². The van der Waals surface area contributed by atoms with E-state index in [2.05, 4.69) is 27.3 Å². The smallest absolute Gasteiger partial charge is 0.225 e. The maximum atomic E-state index is 13.1. The number of ether oxygens (including phenoxy) is 1. The van der Waals surface area contributed by atoms with Crippen LogP contribution >= 0.6 is 0 Å². The molecule has 3 heterocycles. The summed E-state index contributed by atoms with van der Waals surface area (Å²) in [6.45, 7) is 9.95. The lowest BCUT2D eigenvalue weighted by Crippen LogP contribution is -2.43. The summed E-state index contributed by atoms with van der Waals surface area (Å²) in [6, 6.07) is 18.0. The predicted octanol–water partition coefficient (Wildman–Crippen LogP) is 4.75. The van der Waals surface area contributed by atoms with Crippen LogP contribution in [0.5, 0.6) is 5.75 Å². The van der Waals surface area contributed by atoms with Gasteiger partial charge in [0.25, 0.3) is 0 Å². The Kier molecular flexibility index (Phi) is 7.08. The van der Waals surface area contributed by atoms with Crippen LogP contribution in [0.3, 0.4) is 0 Å². The van der Waals surface area contributed by atoms with Gasteiger partial charge in [-0.25, -0.2) is 4.68 Å². The molecule has 1 atom stereocenters. The number of hydrogen-bond donors (Lipinski definition) is 1. The second-order valence-corrected chi connectivity index (χ2v) is 9.98. The van der Waals surface area contributed by atoms with Crippen molar-refractivity contribution in [1.29, 1.82) is 0 Å². The molecule has 1 fully saturated rings. The van der Waals surface area contributed by atoms with Gasteiger partial charge in [0.15, 0.2) is 5.82 Å². The number of anilines is 1. The highest BCUT2D eigenvalue weighted by atomic mass is 16.5. The highest BCUT2D eigenvalue weighted by Gasteiger charge is 2.29. The molecule has 8 nitrogen and oxygen atoms in total. The zero-order chi connectivity index (χ0) is 25.9. The summed E-state index contributed by atoms with van der Waals surface area (Å²) in [5, 5.41) is 18.1. The largest absolute Gasteiger partial charge is 0.491 e. The first-order chi connectivity index (χ1) is 17.9. The molecule has 192 valence electrons. The SMILES string of the molecule is Cc1nnc(N2CCC[C@H](C(=O)NCc3ccc(OC(C)C)cc3)C2)c2nn(-c3ccccc3)c(C)c12. The van der Waals surface area contributed by atoms with Crippen molar-refractivity contribution in [2.24, 2.45) is 5.92 Å². The fraction of sp³-hybridized carbons (Fsp3) is 0.379. The van der Waals surface area contributed by atoms with Crippen LogP contribution < -0.4 is 15.0 Å². The molecule has 5 rings (SSSR count). The molecule has 0 saturated carbocycles. The number of carbonyl (C=O) groups is 1. The second-order valence-electron chi connectivity index (χ2n) is 9.98. The summed E-state index contributed by atoms with van der Waals surface area (Å²) in [6.07, 6.45) is 1.90. The van der Waals surface area contributed by atoms with Gasteiger partial charge in [0.05, 0.1) is 34.5 Å². The molecule has 4 aromatic rings. The van der Waals surface area contributed by atoms with Crippen molar-refractivity contribution in [2.75, 3.05) is 18.0 Å². The minimum Gasteiger partial charge on any atom is -0.491 e. The quantitative estimate of drug-likeness (QED) is 0.396. The fourth-order valence-electron chi connectivity index (χ4n) is 5.02. The van der Waals surface area contributed by atoms with Gasteiger partial charge in [0.1, 0.15) is 11.3 Å². The van der Waals surface area contributed by atoms with Gasteiger partial charge in [-0.05, 0) is 70.4 Å². The lowest BCUT2D eigenvalue weighted by molar-refractivity contribution is -0.125. The minimum atomic E-state index is -0.118. The first kappa shape index (κ1) is 24.7. The highest BCUT2D eigenvalue weighted by molar-refractivity contribution is 5.92. The zero-order valence-corrected chi connectivity index (χ0v) is 21.9. The normalized spacial score (nSPS) is 15.8. The number of nitrogens with zero attached hydrogens (tertiary/aromatic N) is 5. The van der Waals surface area contributed by atoms with Gasteiger partial charge >= 0.3 is 0 Å². The van der Waals surface area contributed by atoms with Crippen molar-refractivity contribution in [2.45, 2.75) is 53.2 Å². The Morgan fingerprint density at radius 1 is 1.08 bits per heavy atom. The topological polar surface area (TPSA) is 85.2 Å². The molecule has 0 aliphatic carbocycles. The van der Waals surface area contributed by atoms with Gasteiger partial charge in [-0.2, -0.15) is 10.2 Å². The second kappa shape index (κ2) is 10.6. The minimum absolute atomic E-state index is 0.0644. The molecule has 0 unspecified atom stereocenters. The number of amides is 1. The van der Waals surface area contributed by atoms with Crippen molar-refractivity contribution >= 4 is 22.6 Å². The number of rotatable bonds is 7. The number of aromatic nitrogens is 4. The average molecular weight is 499 g/mol. The van der Waals surface area contributed by atoms with Gasteiger partial charge in [0.2, 0.25) is 5.91 Å². The Hall–Kier alpha value is -3.94. The van der Waals surface area contributed by atoms with E-state index in [4.69, 9.17) is 9.84 Å². The number of benzene rings is 2. The number of para-hydroxylation sites is 1. The fourth-order valence-corrected chi connectivity index (χ4v) is 5.02. The van der Waals surface area contributed by atoms with E-state index in [0.29, 0.717) is 13.1 Å². The summed E-state index contributed by atoms with van der Waals surface area (Å²) in [4.78, 5) is 15.3. The number of carbonyl (C=O) groups excluding carboxylic acids is 1. The third kappa shape index (κ3) is 5.28. The van der Waals surface area contributed by atoms with E-state index in [9.17, 15) is 4.79 Å². The van der Waals surface area contributed by atoms with Crippen LogP contribution in [-0.4, -0.2) is 45.1 Å². The van der Waals surface area contributed by atoms with Gasteiger partial charge < -0.3 is 15.0 Å². The third-order valence-corrected chi connectivity index (χ3v) is 6.84. The van der Waals surface area contributed by atoms with Gasteiger partial charge in [-0.1, -0.05) is 30.3 Å². The van der Waals surface area contributed by atoms with Crippen LogP contribution in [-0.2, 0) is 11.3 Å². The van der Waals surface area contributed by atoms with Crippen LogP contribution in [0.15, 0.2) is 54.6 Å². The molecular formula is C29H34N6O2. The first-order valence-electron chi connectivity index (χ1n) is 13.0. The van der Waals surface area contributed by atoms with E-state index in [0.717, 1.165) is 64.5 Å². The molecule has 1 aliphatic rings. The average Bonchev–Trinajstić information content (AvgIpc) is 3.26. The third-order valence-electron chi connectivity index (χ3n) is 6.84. The lowest BCUT2D eigenvalue weighted by atomic mass is 9.97. The van der Waals surface area contributed by atoms with Crippen LogP contribution in [0, 0.1) is 19.8 Å². The Morgan fingerprint density at radius 3 is 2.57 bits per heavy atom. The molecule has 1 saturated heterocycles. The van der Waals surface area contributed by atoms with E-state index in [1.54, 1.807) is 0 Å². The number of aryl methyl sites for hydroxylation is 2. The molecule has 1 aliphatic heterocycles. The van der Waals surface area contributed by atoms with E-state index in [1.807, 2.05) is 80.1 Å². The molecule has 1 N–H and O–H groups in total. The van der Waals surface area contributed by atoms with Crippen LogP contribution in [0.4, 0.5) is 5.82 Å². The summed E-state index contributed by atoms with van der Waals surface area (Å²) >= 11 is 0. The summed E-state index contributed by atoms with van der Waals surface area (Å²) < 4.78 is 7.66. The van der Waals surface area contributed by atoms with Gasteiger partial charge in [-0.3, -0.25) is 4.79 Å². The Balaban J connectivity index is 1.31. The number of piperidine rings is 1. The van der Waals surface area contributed by atoms with Crippen molar-refractivity contribution < 1.29 is 9.53 Å². The number of fused-ring (bicyclic) bond motifs is 1. The molecule has 0 radical (unpaired) electrons. The Labute approximate surface area is 217 Å². The van der Waals surface area contributed by atoms with Crippen LogP contribution in [0.25, 0.3) is 16.6 Å². The summed E-state index contributed by atoms with van der Waals surface area (Å²) in [5.74, 6) is 1.53. The lowest BCUT2D eigenvalue weighted by Gasteiger charge is -2.32. The zero-order valence-electron chi connectivity index (χ0n) is 21.9. The Bertz CT molecular complexity index is 1380. The van der Waals surface area contributed by atoms with Crippen molar-refractivity contribution in [3.8, 4) is 11.4 Å². The first-order valence-corrected chi connectivity index (χ1v) is 13.0. The van der Waals surface area contributed by atoms with E-state index in [1.165, 1.54) is 0 Å². The van der Waals surface area contributed by atoms with E-state index >= 15 is 0 Å². The molecule has 0 bridgehead atoms.